The fraction of sp³-hybridized carbons (Fsp3) is 0.964. The van der Waals surface area contributed by atoms with Gasteiger partial charge in [0, 0.05) is 0 Å². The van der Waals surface area contributed by atoms with Crippen molar-refractivity contribution in [3.8, 4) is 0 Å². The summed E-state index contributed by atoms with van der Waals surface area (Å²) in [6, 6.07) is 0. The van der Waals surface area contributed by atoms with E-state index in [2.05, 4.69) is 6.92 Å². The Balaban J connectivity index is 1.70. The van der Waals surface area contributed by atoms with Crippen molar-refractivity contribution < 1.29 is 63.9 Å². The van der Waals surface area contributed by atoms with Gasteiger partial charge in [0.1, 0.15) is 55.9 Å². The van der Waals surface area contributed by atoms with Gasteiger partial charge in [0.2, 0.25) is 5.79 Å². The summed E-state index contributed by atoms with van der Waals surface area (Å²) in [5.41, 5.74) is 0. The minimum Gasteiger partial charge on any atom is -0.461 e. The first kappa shape index (κ1) is 36.2. The normalized spacial score (nSPS) is 34.6. The van der Waals surface area contributed by atoms with E-state index in [4.69, 9.17) is 18.9 Å². The van der Waals surface area contributed by atoms with Gasteiger partial charge in [-0.2, -0.15) is 0 Å². The lowest BCUT2D eigenvalue weighted by Crippen LogP contribution is -2.62. The molecule has 2 fully saturated rings. The van der Waals surface area contributed by atoms with Crippen LogP contribution in [0, 0.1) is 0 Å². The molecule has 0 radical (unpaired) electrons. The second kappa shape index (κ2) is 18.6. The summed E-state index contributed by atoms with van der Waals surface area (Å²) in [5.74, 6) is -3.52. The van der Waals surface area contributed by atoms with E-state index in [0.29, 0.717) is 6.42 Å². The topological polar surface area (TPSA) is 196 Å². The van der Waals surface area contributed by atoms with Gasteiger partial charge in [-0.3, -0.25) is 0 Å². The molecule has 2 aliphatic heterocycles. The largest absolute Gasteiger partial charge is 0.461 e. The first-order valence-electron chi connectivity index (χ1n) is 15.1. The molecule has 0 amide bonds. The summed E-state index contributed by atoms with van der Waals surface area (Å²) in [4.78, 5) is 12.1. The lowest BCUT2D eigenvalue weighted by Gasteiger charge is -2.43. The highest BCUT2D eigenvalue weighted by molar-refractivity contribution is 5.74. The zero-order chi connectivity index (χ0) is 30.4. The zero-order valence-corrected chi connectivity index (χ0v) is 24.1. The van der Waals surface area contributed by atoms with Crippen LogP contribution in [0.25, 0.3) is 0 Å². The van der Waals surface area contributed by atoms with Crippen LogP contribution >= 0.6 is 0 Å². The molecule has 0 aliphatic carbocycles. The Kier molecular flexibility index (Phi) is 16.4. The minimum absolute atomic E-state index is 0.00619. The number of hydrogen-bond donors (Lipinski definition) is 7. The van der Waals surface area contributed by atoms with Crippen molar-refractivity contribution in [2.24, 2.45) is 0 Å². The first-order valence-corrected chi connectivity index (χ1v) is 15.1. The van der Waals surface area contributed by atoms with Gasteiger partial charge in [0.15, 0.2) is 12.5 Å². The highest BCUT2D eigenvalue weighted by atomic mass is 19.1. The van der Waals surface area contributed by atoms with Gasteiger partial charge in [-0.25, -0.2) is 9.18 Å². The predicted molar refractivity (Wildman–Crippen MR) is 143 cm³/mol. The van der Waals surface area contributed by atoms with Crippen LogP contribution in [0.2, 0.25) is 0 Å². The van der Waals surface area contributed by atoms with Crippen molar-refractivity contribution in [2.75, 3.05) is 19.8 Å². The average Bonchev–Trinajstić information content (AvgIpc) is 3.21. The van der Waals surface area contributed by atoms with Gasteiger partial charge in [-0.05, 0) is 12.8 Å². The lowest BCUT2D eigenvalue weighted by atomic mass is 9.99. The molecule has 12 nitrogen and oxygen atoms in total. The molecule has 242 valence electrons. The molecule has 0 bridgehead atoms. The fourth-order valence-electron chi connectivity index (χ4n) is 5.16. The van der Waals surface area contributed by atoms with E-state index in [1.54, 1.807) is 0 Å². The number of aliphatic hydroxyl groups excluding tert-OH is 7. The maximum Gasteiger partial charge on any atom is 0.340 e. The van der Waals surface area contributed by atoms with Gasteiger partial charge in [-0.1, -0.05) is 77.6 Å². The van der Waals surface area contributed by atoms with Crippen LogP contribution in [-0.4, -0.2) is 123 Å². The van der Waals surface area contributed by atoms with Crippen LogP contribution in [0.3, 0.4) is 0 Å². The number of unbranched alkanes of at least 4 members (excludes halogenated alkanes) is 11. The molecule has 0 aromatic heterocycles. The highest BCUT2D eigenvalue weighted by Gasteiger charge is 2.58. The Bertz CT molecular complexity index is 730. The number of esters is 1. The zero-order valence-electron chi connectivity index (χ0n) is 24.1. The maximum absolute atomic E-state index is 14.4. The Morgan fingerprint density at radius 3 is 1.90 bits per heavy atom. The summed E-state index contributed by atoms with van der Waals surface area (Å²) in [5, 5.41) is 70.2. The van der Waals surface area contributed by atoms with Crippen molar-refractivity contribution >= 4 is 5.97 Å². The molecule has 2 rings (SSSR count). The van der Waals surface area contributed by atoms with E-state index in [1.165, 1.54) is 44.9 Å². The second-order valence-corrected chi connectivity index (χ2v) is 11.2. The summed E-state index contributed by atoms with van der Waals surface area (Å²) >= 11 is 0. The molecular formula is C28H51FO12. The van der Waals surface area contributed by atoms with Crippen LogP contribution < -0.4 is 0 Å². The lowest BCUT2D eigenvalue weighted by molar-refractivity contribution is -0.383. The monoisotopic (exact) mass is 598 g/mol. The number of hydrogen-bond acceptors (Lipinski definition) is 12. The van der Waals surface area contributed by atoms with Crippen LogP contribution in [0.15, 0.2) is 0 Å². The maximum atomic E-state index is 14.4. The van der Waals surface area contributed by atoms with E-state index in [1.807, 2.05) is 0 Å². The standard InChI is InChI=1S/C28H51FO12/c1-2-3-4-5-6-7-8-9-10-11-12-13-14-18(29)26(37)38-16-20-22(33)25(36)28(17-31,40-20)41-27-24(35)23(34)21(32)19(15-30)39-27/h18-25,27,30-36H,2-17H2,1H3/t18-,19-,20+,21+,22-,23+,24+,25-,27+,28+/m0/s1. The molecule has 0 spiro atoms. The molecule has 13 heteroatoms. The Morgan fingerprint density at radius 2 is 1.37 bits per heavy atom. The van der Waals surface area contributed by atoms with E-state index in [9.17, 15) is 44.9 Å². The minimum atomic E-state index is -2.38. The van der Waals surface area contributed by atoms with Crippen LogP contribution in [0.5, 0.6) is 0 Å². The fourth-order valence-corrected chi connectivity index (χ4v) is 5.16. The molecule has 0 unspecified atom stereocenters. The predicted octanol–water partition coefficient (Wildman–Crippen LogP) is 0.585. The van der Waals surface area contributed by atoms with Crippen LogP contribution in [-0.2, 0) is 23.7 Å². The first-order chi connectivity index (χ1) is 19.6. The quantitative estimate of drug-likeness (QED) is 0.0762. The van der Waals surface area contributed by atoms with Gasteiger partial charge in [-0.15, -0.1) is 0 Å². The molecule has 0 saturated carbocycles. The van der Waals surface area contributed by atoms with Crippen LogP contribution in [0.1, 0.15) is 90.4 Å². The van der Waals surface area contributed by atoms with Crippen molar-refractivity contribution in [3.05, 3.63) is 0 Å². The molecule has 2 saturated heterocycles. The summed E-state index contributed by atoms with van der Waals surface area (Å²) in [6.07, 6.45) is -2.01. The summed E-state index contributed by atoms with van der Waals surface area (Å²) in [6.45, 7) is -0.258. The van der Waals surface area contributed by atoms with Crippen molar-refractivity contribution in [2.45, 2.75) is 151 Å². The number of rotatable bonds is 20. The summed E-state index contributed by atoms with van der Waals surface area (Å²) < 4.78 is 35.3. The SMILES string of the molecule is CCCCCCCCCCCCCC[C@H](F)C(=O)OC[C@H]1O[C@](CO)(O[C@H]2O[C@@H](CO)[C@@H](O)[C@@H](O)[C@H]2O)[C@@H](O)[C@H]1O. The second-order valence-electron chi connectivity index (χ2n) is 11.2. The van der Waals surface area contributed by atoms with Gasteiger partial charge >= 0.3 is 5.97 Å². The van der Waals surface area contributed by atoms with Gasteiger partial charge < -0.3 is 54.7 Å². The molecule has 41 heavy (non-hydrogen) atoms. The third kappa shape index (κ3) is 10.6. The highest BCUT2D eigenvalue weighted by Crippen LogP contribution is 2.36. The van der Waals surface area contributed by atoms with Crippen molar-refractivity contribution in [1.29, 1.82) is 0 Å². The van der Waals surface area contributed by atoms with Crippen LogP contribution in [0.4, 0.5) is 4.39 Å². The Labute approximate surface area is 241 Å². The van der Waals surface area contributed by atoms with Crippen molar-refractivity contribution in [3.63, 3.8) is 0 Å². The average molecular weight is 599 g/mol. The number of aliphatic hydroxyl groups is 7. The molecular weight excluding hydrogens is 547 g/mol. The summed E-state index contributed by atoms with van der Waals surface area (Å²) in [7, 11) is 0. The Hall–Kier alpha value is -1.00. The van der Waals surface area contributed by atoms with Gasteiger partial charge in [0.05, 0.1) is 6.61 Å². The molecule has 0 aromatic rings. The van der Waals surface area contributed by atoms with E-state index in [0.717, 1.165) is 25.7 Å². The van der Waals surface area contributed by atoms with E-state index < -0.39 is 86.8 Å². The smallest absolute Gasteiger partial charge is 0.340 e. The molecule has 7 N–H and O–H groups in total. The number of carbonyl (C=O) groups is 1. The Morgan fingerprint density at radius 1 is 0.805 bits per heavy atom. The van der Waals surface area contributed by atoms with Gasteiger partial charge in [0.25, 0.3) is 0 Å². The van der Waals surface area contributed by atoms with E-state index >= 15 is 0 Å². The van der Waals surface area contributed by atoms with E-state index in [-0.39, 0.29) is 6.42 Å². The number of halogens is 1. The number of ether oxygens (including phenoxy) is 4. The third-order valence-corrected chi connectivity index (χ3v) is 7.85. The third-order valence-electron chi connectivity index (χ3n) is 7.85. The molecule has 2 aliphatic rings. The number of carbonyl (C=O) groups excluding carboxylic acids is 1. The molecule has 2 heterocycles. The molecule has 0 aromatic carbocycles. The van der Waals surface area contributed by atoms with Crippen molar-refractivity contribution in [1.82, 2.24) is 0 Å². The number of alkyl halides is 1. The molecule has 10 atom stereocenters.